The Morgan fingerprint density at radius 2 is 1.25 bits per heavy atom. The summed E-state index contributed by atoms with van der Waals surface area (Å²) in [5.41, 5.74) is 0.00836. The Morgan fingerprint density at radius 1 is 0.812 bits per heavy atom. The minimum absolute atomic E-state index is 0.0131. The largest absolute Gasteiger partial charge is 0.355 e. The molecule has 2 nitrogen and oxygen atoms in total. The summed E-state index contributed by atoms with van der Waals surface area (Å²) in [6, 6.07) is 0. The Labute approximate surface area is 101 Å². The van der Waals surface area contributed by atoms with E-state index in [1.165, 1.54) is 0 Å². The Kier molecular flexibility index (Phi) is 3.02. The third kappa shape index (κ3) is 1.46. The summed E-state index contributed by atoms with van der Waals surface area (Å²) in [6.45, 7) is 18.0. The Balaban J connectivity index is 3.30. The molecule has 0 radical (unpaired) electrons. The fraction of sp³-hybridized carbons (Fsp3) is 1.00. The van der Waals surface area contributed by atoms with E-state index in [0.29, 0.717) is 0 Å². The molecule has 0 saturated carbocycles. The van der Waals surface area contributed by atoms with E-state index in [0.717, 1.165) is 0 Å². The van der Waals surface area contributed by atoms with Crippen molar-refractivity contribution in [2.24, 2.45) is 16.2 Å². The normalized spacial score (nSPS) is 34.7. The average Bonchev–Trinajstić information content (AvgIpc) is 2.11. The lowest BCUT2D eigenvalue weighted by atomic mass is 9.48. The first-order valence-corrected chi connectivity index (χ1v) is 6.12. The molecule has 96 valence electrons. The van der Waals surface area contributed by atoms with E-state index in [2.05, 4.69) is 55.4 Å². The smallest absolute Gasteiger partial charge is 0.163 e. The Hall–Kier alpha value is -0.0800. The number of rotatable bonds is 1. The zero-order valence-corrected chi connectivity index (χ0v) is 12.4. The van der Waals surface area contributed by atoms with Crippen molar-refractivity contribution in [3.8, 4) is 0 Å². The van der Waals surface area contributed by atoms with E-state index < -0.39 is 0 Å². The van der Waals surface area contributed by atoms with E-state index in [4.69, 9.17) is 9.47 Å². The molecule has 2 heteroatoms. The van der Waals surface area contributed by atoms with Crippen LogP contribution < -0.4 is 0 Å². The molecule has 0 aliphatic carbocycles. The van der Waals surface area contributed by atoms with Gasteiger partial charge in [-0.15, -0.1) is 0 Å². The molecule has 0 spiro atoms. The van der Waals surface area contributed by atoms with Gasteiger partial charge < -0.3 is 9.47 Å². The number of ether oxygens (including phenoxy) is 2. The van der Waals surface area contributed by atoms with Gasteiger partial charge in [0.1, 0.15) is 0 Å². The molecule has 0 aromatic heterocycles. The molecule has 0 aromatic carbocycles. The van der Waals surface area contributed by atoms with Crippen LogP contribution in [0.1, 0.15) is 55.4 Å². The summed E-state index contributed by atoms with van der Waals surface area (Å²) >= 11 is 0. The van der Waals surface area contributed by atoms with Crippen LogP contribution in [0.15, 0.2) is 0 Å². The van der Waals surface area contributed by atoms with Crippen molar-refractivity contribution in [2.75, 3.05) is 7.11 Å². The second-order valence-electron chi connectivity index (χ2n) is 7.17. The van der Waals surface area contributed by atoms with Gasteiger partial charge in [-0.1, -0.05) is 41.5 Å². The minimum atomic E-state index is -0.188. The van der Waals surface area contributed by atoms with Crippen LogP contribution in [0.2, 0.25) is 0 Å². The maximum atomic E-state index is 6.17. The number of hydrogen-bond acceptors (Lipinski definition) is 2. The van der Waals surface area contributed by atoms with Gasteiger partial charge in [0.15, 0.2) is 6.29 Å². The van der Waals surface area contributed by atoms with Crippen LogP contribution in [0.4, 0.5) is 0 Å². The average molecular weight is 228 g/mol. The minimum Gasteiger partial charge on any atom is -0.355 e. The highest BCUT2D eigenvalue weighted by Gasteiger charge is 2.63. The molecule has 1 aliphatic rings. The lowest BCUT2D eigenvalue weighted by Crippen LogP contribution is -2.66. The first-order valence-electron chi connectivity index (χ1n) is 6.12. The second-order valence-corrected chi connectivity index (χ2v) is 7.17. The second kappa shape index (κ2) is 3.46. The van der Waals surface area contributed by atoms with Gasteiger partial charge >= 0.3 is 0 Å². The predicted octanol–water partition coefficient (Wildman–Crippen LogP) is 3.85. The molecule has 0 amide bonds. The highest BCUT2D eigenvalue weighted by atomic mass is 16.7. The molecule has 1 fully saturated rings. The van der Waals surface area contributed by atoms with Crippen LogP contribution in [0.25, 0.3) is 0 Å². The van der Waals surface area contributed by atoms with Crippen LogP contribution in [0, 0.1) is 16.2 Å². The fourth-order valence-corrected chi connectivity index (χ4v) is 2.76. The molecular formula is C14H28O2. The van der Waals surface area contributed by atoms with Gasteiger partial charge in [-0.25, -0.2) is 0 Å². The Bertz CT molecular complexity index is 274. The monoisotopic (exact) mass is 228 g/mol. The molecule has 0 N–H and O–H groups in total. The van der Waals surface area contributed by atoms with Crippen LogP contribution in [-0.4, -0.2) is 19.0 Å². The molecule has 1 saturated heterocycles. The third-order valence-electron chi connectivity index (χ3n) is 5.88. The summed E-state index contributed by atoms with van der Waals surface area (Å²) in [4.78, 5) is 0. The van der Waals surface area contributed by atoms with Gasteiger partial charge in [0.05, 0.1) is 5.60 Å². The third-order valence-corrected chi connectivity index (χ3v) is 5.88. The zero-order valence-electron chi connectivity index (χ0n) is 12.4. The molecule has 1 aliphatic heterocycles. The lowest BCUT2D eigenvalue weighted by molar-refractivity contribution is -0.351. The van der Waals surface area contributed by atoms with Crippen molar-refractivity contribution in [2.45, 2.75) is 67.3 Å². The summed E-state index contributed by atoms with van der Waals surface area (Å²) in [6.07, 6.45) is -0.148. The van der Waals surface area contributed by atoms with Crippen molar-refractivity contribution in [3.63, 3.8) is 0 Å². The van der Waals surface area contributed by atoms with E-state index >= 15 is 0 Å². The van der Waals surface area contributed by atoms with Gasteiger partial charge in [0.2, 0.25) is 0 Å². The summed E-state index contributed by atoms with van der Waals surface area (Å²) < 4.78 is 11.7. The van der Waals surface area contributed by atoms with Crippen molar-refractivity contribution < 1.29 is 9.47 Å². The standard InChI is InChI=1S/C14H28O2/c1-11(2)10(15-9)16-14(7,8)13(5,6)12(11,3)4/h10H,1-9H3. The van der Waals surface area contributed by atoms with Crippen molar-refractivity contribution in [3.05, 3.63) is 0 Å². The van der Waals surface area contributed by atoms with Gasteiger partial charge in [-0.2, -0.15) is 0 Å². The first-order chi connectivity index (χ1) is 6.92. The predicted molar refractivity (Wildman–Crippen MR) is 67.3 cm³/mol. The van der Waals surface area contributed by atoms with E-state index in [1.807, 2.05) is 0 Å². The van der Waals surface area contributed by atoms with E-state index in [-0.39, 0.29) is 28.1 Å². The molecule has 1 rings (SSSR count). The summed E-state index contributed by atoms with van der Waals surface area (Å²) in [5, 5.41) is 0. The first kappa shape index (κ1) is 14.0. The molecule has 1 unspecified atom stereocenters. The van der Waals surface area contributed by atoms with Crippen LogP contribution in [0.5, 0.6) is 0 Å². The molecule has 1 atom stereocenters. The Morgan fingerprint density at radius 3 is 1.62 bits per heavy atom. The highest BCUT2D eigenvalue weighted by molar-refractivity contribution is 5.08. The zero-order chi connectivity index (χ0) is 13.0. The van der Waals surface area contributed by atoms with Crippen LogP contribution in [-0.2, 0) is 9.47 Å². The lowest BCUT2D eigenvalue weighted by Gasteiger charge is -2.65. The van der Waals surface area contributed by atoms with Crippen molar-refractivity contribution in [1.82, 2.24) is 0 Å². The maximum absolute atomic E-state index is 6.17. The molecule has 0 bridgehead atoms. The summed E-state index contributed by atoms with van der Waals surface area (Å²) in [7, 11) is 1.73. The molecular weight excluding hydrogens is 200 g/mol. The quantitative estimate of drug-likeness (QED) is 0.678. The molecule has 0 aromatic rings. The van der Waals surface area contributed by atoms with Gasteiger partial charge in [-0.3, -0.25) is 0 Å². The van der Waals surface area contributed by atoms with Crippen molar-refractivity contribution >= 4 is 0 Å². The molecule has 1 heterocycles. The van der Waals surface area contributed by atoms with E-state index in [9.17, 15) is 0 Å². The van der Waals surface area contributed by atoms with Crippen LogP contribution >= 0.6 is 0 Å². The van der Waals surface area contributed by atoms with Gasteiger partial charge in [-0.05, 0) is 24.7 Å². The summed E-state index contributed by atoms with van der Waals surface area (Å²) in [5.74, 6) is 0. The SMILES string of the molecule is COC1OC(C)(C)C(C)(C)C(C)(C)C1(C)C. The number of methoxy groups -OCH3 is 1. The van der Waals surface area contributed by atoms with Crippen molar-refractivity contribution in [1.29, 1.82) is 0 Å². The number of hydrogen-bond donors (Lipinski definition) is 0. The molecule has 16 heavy (non-hydrogen) atoms. The topological polar surface area (TPSA) is 18.5 Å². The van der Waals surface area contributed by atoms with E-state index in [1.54, 1.807) is 7.11 Å². The van der Waals surface area contributed by atoms with Gasteiger partial charge in [0, 0.05) is 12.5 Å². The highest BCUT2D eigenvalue weighted by Crippen LogP contribution is 2.62. The van der Waals surface area contributed by atoms with Gasteiger partial charge in [0.25, 0.3) is 0 Å². The fourth-order valence-electron chi connectivity index (χ4n) is 2.76. The van der Waals surface area contributed by atoms with Crippen LogP contribution in [0.3, 0.4) is 0 Å². The maximum Gasteiger partial charge on any atom is 0.163 e.